The van der Waals surface area contributed by atoms with Crippen LogP contribution in [0.3, 0.4) is 0 Å². The molecule has 7 heteroatoms. The Morgan fingerprint density at radius 3 is 2.18 bits per heavy atom. The Morgan fingerprint density at radius 2 is 1.45 bits per heavy atom. The zero-order chi connectivity index (χ0) is 26.5. The molecule has 4 aromatic rings. The fraction of sp³-hybridized carbons (Fsp3) is 0.129. The van der Waals surface area contributed by atoms with Crippen molar-refractivity contribution >= 4 is 27.2 Å². The van der Waals surface area contributed by atoms with E-state index < -0.39 is 15.9 Å². The minimum absolute atomic E-state index is 0.107. The molecule has 38 heavy (non-hydrogen) atoms. The van der Waals surface area contributed by atoms with Crippen molar-refractivity contribution in [3.05, 3.63) is 136 Å². The normalized spacial score (nSPS) is 14.1. The molecule has 1 aliphatic heterocycles. The summed E-state index contributed by atoms with van der Waals surface area (Å²) < 4.78 is 35.5. The van der Waals surface area contributed by atoms with Crippen LogP contribution in [0.4, 0.5) is 5.69 Å². The van der Waals surface area contributed by atoms with E-state index in [2.05, 4.69) is 5.32 Å². The van der Waals surface area contributed by atoms with Crippen LogP contribution in [0.2, 0.25) is 0 Å². The zero-order valence-corrected chi connectivity index (χ0v) is 21.8. The Balaban J connectivity index is 1.53. The first-order chi connectivity index (χ1) is 18.5. The van der Waals surface area contributed by atoms with Crippen molar-refractivity contribution in [1.82, 2.24) is 5.32 Å². The highest BCUT2D eigenvalue weighted by Gasteiger charge is 2.41. The van der Waals surface area contributed by atoms with Crippen molar-refractivity contribution < 1.29 is 17.9 Å². The summed E-state index contributed by atoms with van der Waals surface area (Å²) >= 11 is 0. The highest BCUT2D eigenvalue weighted by molar-refractivity contribution is 7.97. The summed E-state index contributed by atoms with van der Waals surface area (Å²) in [5.74, 6) is 0.0593. The smallest absolute Gasteiger partial charge is 0.270 e. The van der Waals surface area contributed by atoms with Crippen LogP contribution in [-0.2, 0) is 21.4 Å². The standard InChI is InChI=1S/C31H28N2O4S/c1-23-12-8-11-19-28(23)37-21-20-32-31(34)30-29(25-15-6-3-7-16-25)26-17-9-10-18-27(26)33(38(30,35)36)22-24-13-4-2-5-14-24/h2-19H,20-22H2,1H3,(H,32,34). The topological polar surface area (TPSA) is 75.7 Å². The number of rotatable bonds is 8. The van der Waals surface area contributed by atoms with Gasteiger partial charge in [0.15, 0.2) is 4.91 Å². The molecule has 5 rings (SSSR count). The number of nitrogens with zero attached hydrogens (tertiary/aromatic N) is 1. The monoisotopic (exact) mass is 524 g/mol. The first-order valence-corrected chi connectivity index (χ1v) is 13.8. The summed E-state index contributed by atoms with van der Waals surface area (Å²) in [5, 5.41) is 2.79. The summed E-state index contributed by atoms with van der Waals surface area (Å²) in [5.41, 5.74) is 4.07. The number of carbonyl (C=O) groups excluding carboxylic acids is 1. The van der Waals surface area contributed by atoms with Gasteiger partial charge in [0.05, 0.1) is 18.8 Å². The lowest BCUT2D eigenvalue weighted by molar-refractivity contribution is -0.116. The van der Waals surface area contributed by atoms with Gasteiger partial charge >= 0.3 is 0 Å². The highest BCUT2D eigenvalue weighted by Crippen LogP contribution is 2.43. The van der Waals surface area contributed by atoms with Gasteiger partial charge in [-0.3, -0.25) is 9.10 Å². The predicted octanol–water partition coefficient (Wildman–Crippen LogP) is 5.30. The predicted molar refractivity (Wildman–Crippen MR) is 150 cm³/mol. The molecule has 0 saturated carbocycles. The molecule has 1 N–H and O–H groups in total. The molecule has 1 aliphatic rings. The van der Waals surface area contributed by atoms with Crippen LogP contribution in [0, 0.1) is 6.92 Å². The number of benzene rings is 4. The molecule has 6 nitrogen and oxygen atoms in total. The van der Waals surface area contributed by atoms with Gasteiger partial charge in [0.25, 0.3) is 15.9 Å². The first kappa shape index (κ1) is 25.3. The number of hydrogen-bond donors (Lipinski definition) is 1. The van der Waals surface area contributed by atoms with Crippen LogP contribution in [0.15, 0.2) is 114 Å². The van der Waals surface area contributed by atoms with E-state index in [0.717, 1.165) is 16.9 Å². The maximum Gasteiger partial charge on any atom is 0.270 e. The van der Waals surface area contributed by atoms with Crippen molar-refractivity contribution in [2.45, 2.75) is 13.5 Å². The molecule has 0 bridgehead atoms. The van der Waals surface area contributed by atoms with Gasteiger partial charge in [-0.05, 0) is 35.7 Å². The van der Waals surface area contributed by atoms with Crippen LogP contribution in [-0.4, -0.2) is 27.5 Å². The van der Waals surface area contributed by atoms with Gasteiger partial charge in [-0.1, -0.05) is 97.1 Å². The lowest BCUT2D eigenvalue weighted by Crippen LogP contribution is -2.42. The molecule has 0 saturated heterocycles. The van der Waals surface area contributed by atoms with Gasteiger partial charge in [-0.15, -0.1) is 0 Å². The van der Waals surface area contributed by atoms with E-state index in [1.165, 1.54) is 4.31 Å². The van der Waals surface area contributed by atoms with Gasteiger partial charge in [0.2, 0.25) is 0 Å². The molecule has 0 aromatic heterocycles. The van der Waals surface area contributed by atoms with E-state index in [4.69, 9.17) is 4.74 Å². The molecule has 1 amide bonds. The number of sulfonamides is 1. The molecule has 1 heterocycles. The SMILES string of the molecule is Cc1ccccc1OCCNC(=O)C1=C(c2ccccc2)c2ccccc2N(Cc2ccccc2)S1(=O)=O. The van der Waals surface area contributed by atoms with Crippen molar-refractivity contribution in [2.24, 2.45) is 0 Å². The average molecular weight is 525 g/mol. The molecular formula is C31H28N2O4S. The largest absolute Gasteiger partial charge is 0.491 e. The lowest BCUT2D eigenvalue weighted by atomic mass is 9.95. The number of fused-ring (bicyclic) bond motifs is 1. The third-order valence-electron chi connectivity index (χ3n) is 6.39. The van der Waals surface area contributed by atoms with Crippen molar-refractivity contribution in [2.75, 3.05) is 17.5 Å². The number of amides is 1. The Bertz CT molecular complexity index is 1580. The molecular weight excluding hydrogens is 496 g/mol. The third-order valence-corrected chi connectivity index (χ3v) is 8.21. The minimum atomic E-state index is -4.21. The van der Waals surface area contributed by atoms with Crippen LogP contribution >= 0.6 is 0 Å². The van der Waals surface area contributed by atoms with Gasteiger partial charge < -0.3 is 10.1 Å². The summed E-state index contributed by atoms with van der Waals surface area (Å²) in [7, 11) is -4.21. The molecule has 0 fully saturated rings. The number of carbonyl (C=O) groups is 1. The number of ether oxygens (including phenoxy) is 1. The maximum absolute atomic E-state index is 14.2. The Labute approximate surface area is 223 Å². The van der Waals surface area contributed by atoms with Gasteiger partial charge in [-0.25, -0.2) is 8.42 Å². The summed E-state index contributed by atoms with van der Waals surface area (Å²) in [6.07, 6.45) is 0. The number of anilines is 1. The van der Waals surface area contributed by atoms with E-state index in [1.807, 2.05) is 110 Å². The fourth-order valence-electron chi connectivity index (χ4n) is 4.56. The second-order valence-corrected chi connectivity index (χ2v) is 10.8. The van der Waals surface area contributed by atoms with Crippen molar-refractivity contribution in [1.29, 1.82) is 0 Å². The summed E-state index contributed by atoms with van der Waals surface area (Å²) in [6, 6.07) is 33.4. The van der Waals surface area contributed by atoms with Crippen molar-refractivity contribution in [3.8, 4) is 5.75 Å². The Kier molecular flexibility index (Phi) is 7.29. The molecule has 192 valence electrons. The third kappa shape index (κ3) is 5.06. The average Bonchev–Trinajstić information content (AvgIpc) is 2.94. The number of para-hydroxylation sites is 2. The Hall–Kier alpha value is -4.36. The van der Waals surface area contributed by atoms with Crippen LogP contribution in [0.1, 0.15) is 22.3 Å². The number of nitrogens with one attached hydrogen (secondary N) is 1. The van der Waals surface area contributed by atoms with E-state index >= 15 is 0 Å². The molecule has 0 spiro atoms. The Morgan fingerprint density at radius 1 is 0.816 bits per heavy atom. The van der Waals surface area contributed by atoms with E-state index in [9.17, 15) is 13.2 Å². The minimum Gasteiger partial charge on any atom is -0.491 e. The first-order valence-electron chi connectivity index (χ1n) is 12.4. The van der Waals surface area contributed by atoms with Gasteiger partial charge in [-0.2, -0.15) is 0 Å². The highest BCUT2D eigenvalue weighted by atomic mass is 32.2. The summed E-state index contributed by atoms with van der Waals surface area (Å²) in [6.45, 7) is 2.40. The van der Waals surface area contributed by atoms with Crippen LogP contribution < -0.4 is 14.4 Å². The van der Waals surface area contributed by atoms with E-state index in [1.54, 1.807) is 6.07 Å². The lowest BCUT2D eigenvalue weighted by Gasteiger charge is -2.33. The van der Waals surface area contributed by atoms with Crippen LogP contribution in [0.25, 0.3) is 5.57 Å². The second-order valence-electron chi connectivity index (χ2n) is 8.95. The van der Waals surface area contributed by atoms with Crippen LogP contribution in [0.5, 0.6) is 5.75 Å². The quantitative estimate of drug-likeness (QED) is 0.318. The molecule has 0 atom stereocenters. The second kappa shape index (κ2) is 10.9. The number of aryl methyl sites for hydroxylation is 1. The van der Waals surface area contributed by atoms with Gasteiger partial charge in [0, 0.05) is 11.1 Å². The van der Waals surface area contributed by atoms with E-state index in [0.29, 0.717) is 22.4 Å². The maximum atomic E-state index is 14.2. The van der Waals surface area contributed by atoms with Crippen molar-refractivity contribution in [3.63, 3.8) is 0 Å². The van der Waals surface area contributed by atoms with Gasteiger partial charge in [0.1, 0.15) is 12.4 Å². The number of hydrogen-bond acceptors (Lipinski definition) is 4. The molecule has 0 unspecified atom stereocenters. The van der Waals surface area contributed by atoms with E-state index in [-0.39, 0.29) is 24.6 Å². The molecule has 0 aliphatic carbocycles. The molecule has 4 aromatic carbocycles. The molecule has 0 radical (unpaired) electrons. The summed E-state index contributed by atoms with van der Waals surface area (Å²) in [4.78, 5) is 13.4. The zero-order valence-electron chi connectivity index (χ0n) is 21.0. The fourth-order valence-corrected chi connectivity index (χ4v) is 6.31.